The molecule has 0 spiro atoms. The van der Waals surface area contributed by atoms with Crippen molar-refractivity contribution in [3.05, 3.63) is 52.7 Å². The van der Waals surface area contributed by atoms with E-state index in [2.05, 4.69) is 40.3 Å². The monoisotopic (exact) mass is 304 g/mol. The lowest BCUT2D eigenvalue weighted by Gasteiger charge is -2.26. The van der Waals surface area contributed by atoms with E-state index in [9.17, 15) is 0 Å². The van der Waals surface area contributed by atoms with Crippen molar-refractivity contribution < 1.29 is 0 Å². The maximum absolute atomic E-state index is 6.06. The van der Waals surface area contributed by atoms with Gasteiger partial charge in [0.1, 0.15) is 0 Å². The molecule has 0 bridgehead atoms. The Labute approximate surface area is 131 Å². The summed E-state index contributed by atoms with van der Waals surface area (Å²) in [5.74, 6) is 0.850. The number of benzene rings is 1. The zero-order valence-electron chi connectivity index (χ0n) is 12.7. The average molecular weight is 305 g/mol. The third kappa shape index (κ3) is 4.16. The van der Waals surface area contributed by atoms with Crippen LogP contribution in [0, 0.1) is 0 Å². The molecule has 0 radical (unpaired) electrons. The van der Waals surface area contributed by atoms with E-state index in [0.717, 1.165) is 35.2 Å². The van der Waals surface area contributed by atoms with Gasteiger partial charge >= 0.3 is 0 Å². The highest BCUT2D eigenvalue weighted by atomic mass is 35.5. The molecule has 21 heavy (non-hydrogen) atoms. The summed E-state index contributed by atoms with van der Waals surface area (Å²) in [6.45, 7) is 5.87. The second kappa shape index (κ2) is 7.38. The predicted octanol–water partition coefficient (Wildman–Crippen LogP) is 3.44. The Balaban J connectivity index is 2.10. The molecule has 0 fully saturated rings. The molecule has 1 atom stereocenters. The van der Waals surface area contributed by atoms with E-state index in [4.69, 9.17) is 11.6 Å². The SMILES string of the molecule is CCNCc1ccc(N(C)C(C)c2cccc(Cl)c2)nn1. The summed E-state index contributed by atoms with van der Waals surface area (Å²) in [6, 6.07) is 12.1. The van der Waals surface area contributed by atoms with E-state index in [1.165, 1.54) is 0 Å². The van der Waals surface area contributed by atoms with Gasteiger partial charge in [-0.1, -0.05) is 30.7 Å². The minimum absolute atomic E-state index is 0.178. The highest BCUT2D eigenvalue weighted by molar-refractivity contribution is 6.30. The Hall–Kier alpha value is -1.65. The van der Waals surface area contributed by atoms with Gasteiger partial charge < -0.3 is 10.2 Å². The molecular formula is C16H21ClN4. The number of halogens is 1. The van der Waals surface area contributed by atoms with Crippen LogP contribution in [-0.2, 0) is 6.54 Å². The molecule has 112 valence electrons. The number of aromatic nitrogens is 2. The fourth-order valence-electron chi connectivity index (χ4n) is 2.08. The third-order valence-electron chi connectivity index (χ3n) is 3.54. The van der Waals surface area contributed by atoms with Crippen molar-refractivity contribution in [3.63, 3.8) is 0 Å². The summed E-state index contributed by atoms with van der Waals surface area (Å²) in [5.41, 5.74) is 2.10. The number of rotatable bonds is 6. The number of hydrogen-bond acceptors (Lipinski definition) is 4. The highest BCUT2D eigenvalue weighted by Crippen LogP contribution is 2.25. The van der Waals surface area contributed by atoms with E-state index >= 15 is 0 Å². The van der Waals surface area contributed by atoms with Crippen LogP contribution in [0.1, 0.15) is 31.1 Å². The van der Waals surface area contributed by atoms with Crippen molar-refractivity contribution in [1.29, 1.82) is 0 Å². The largest absolute Gasteiger partial charge is 0.351 e. The van der Waals surface area contributed by atoms with Gasteiger partial charge in [-0.25, -0.2) is 0 Å². The molecule has 5 heteroatoms. The fourth-order valence-corrected chi connectivity index (χ4v) is 2.28. The highest BCUT2D eigenvalue weighted by Gasteiger charge is 2.14. The van der Waals surface area contributed by atoms with Crippen molar-refractivity contribution in [3.8, 4) is 0 Å². The topological polar surface area (TPSA) is 41.0 Å². The summed E-state index contributed by atoms with van der Waals surface area (Å²) in [7, 11) is 2.01. The second-order valence-corrected chi connectivity index (χ2v) is 5.44. The van der Waals surface area contributed by atoms with Crippen molar-refractivity contribution in [2.24, 2.45) is 0 Å². The first-order valence-electron chi connectivity index (χ1n) is 7.13. The summed E-state index contributed by atoms with van der Waals surface area (Å²) in [5, 5.41) is 12.5. The summed E-state index contributed by atoms with van der Waals surface area (Å²) < 4.78 is 0. The standard InChI is InChI=1S/C16H21ClN4/c1-4-18-11-15-8-9-16(20-19-15)21(3)12(2)13-6-5-7-14(17)10-13/h5-10,12,18H,4,11H2,1-3H3. The van der Waals surface area contributed by atoms with Gasteiger partial charge in [-0.3, -0.25) is 0 Å². The van der Waals surface area contributed by atoms with Crippen LogP contribution in [0.3, 0.4) is 0 Å². The Morgan fingerprint density at radius 1 is 1.24 bits per heavy atom. The predicted molar refractivity (Wildman–Crippen MR) is 87.7 cm³/mol. The molecule has 2 aromatic rings. The van der Waals surface area contributed by atoms with Gasteiger partial charge in [0.25, 0.3) is 0 Å². The number of nitrogens with zero attached hydrogens (tertiary/aromatic N) is 3. The summed E-state index contributed by atoms with van der Waals surface area (Å²) in [6.07, 6.45) is 0. The van der Waals surface area contributed by atoms with Crippen molar-refractivity contribution in [2.75, 3.05) is 18.5 Å². The van der Waals surface area contributed by atoms with Crippen LogP contribution in [0.2, 0.25) is 5.02 Å². The molecule has 1 aromatic heterocycles. The van der Waals surface area contributed by atoms with Crippen molar-refractivity contribution in [1.82, 2.24) is 15.5 Å². The molecule has 0 aliphatic rings. The molecule has 1 aromatic carbocycles. The second-order valence-electron chi connectivity index (χ2n) is 5.01. The van der Waals surface area contributed by atoms with Crippen LogP contribution in [-0.4, -0.2) is 23.8 Å². The molecule has 1 unspecified atom stereocenters. The Kier molecular flexibility index (Phi) is 5.53. The van der Waals surface area contributed by atoms with Gasteiger partial charge in [0.05, 0.1) is 11.7 Å². The molecule has 0 aliphatic heterocycles. The van der Waals surface area contributed by atoms with Crippen molar-refractivity contribution >= 4 is 17.4 Å². The Bertz CT molecular complexity index is 571. The molecular weight excluding hydrogens is 284 g/mol. The van der Waals surface area contributed by atoms with Gasteiger partial charge in [0.15, 0.2) is 5.82 Å². The first-order chi connectivity index (χ1) is 10.1. The number of anilines is 1. The zero-order chi connectivity index (χ0) is 15.2. The first kappa shape index (κ1) is 15.7. The normalized spacial score (nSPS) is 12.2. The summed E-state index contributed by atoms with van der Waals surface area (Å²) >= 11 is 6.06. The smallest absolute Gasteiger partial charge is 0.151 e. The number of nitrogens with one attached hydrogen (secondary N) is 1. The van der Waals surface area contributed by atoms with Crippen LogP contribution in [0.5, 0.6) is 0 Å². The van der Waals surface area contributed by atoms with E-state index in [0.29, 0.717) is 0 Å². The van der Waals surface area contributed by atoms with E-state index in [-0.39, 0.29) is 6.04 Å². The Morgan fingerprint density at radius 3 is 2.67 bits per heavy atom. The molecule has 0 aliphatic carbocycles. The maximum atomic E-state index is 6.06. The first-order valence-corrected chi connectivity index (χ1v) is 7.51. The minimum Gasteiger partial charge on any atom is -0.351 e. The minimum atomic E-state index is 0.178. The van der Waals surface area contributed by atoms with Crippen LogP contribution >= 0.6 is 11.6 Å². The average Bonchev–Trinajstić information content (AvgIpc) is 2.52. The molecule has 1 N–H and O–H groups in total. The molecule has 1 heterocycles. The van der Waals surface area contributed by atoms with Gasteiger partial charge in [0.2, 0.25) is 0 Å². The van der Waals surface area contributed by atoms with Gasteiger partial charge in [-0.15, -0.1) is 5.10 Å². The molecule has 4 nitrogen and oxygen atoms in total. The number of hydrogen-bond donors (Lipinski definition) is 1. The maximum Gasteiger partial charge on any atom is 0.151 e. The lowest BCUT2D eigenvalue weighted by molar-refractivity contribution is 0.685. The fraction of sp³-hybridized carbons (Fsp3) is 0.375. The van der Waals surface area contributed by atoms with Crippen LogP contribution < -0.4 is 10.2 Å². The molecule has 0 saturated carbocycles. The Morgan fingerprint density at radius 2 is 2.05 bits per heavy atom. The van der Waals surface area contributed by atoms with Crippen LogP contribution in [0.4, 0.5) is 5.82 Å². The quantitative estimate of drug-likeness (QED) is 0.887. The van der Waals surface area contributed by atoms with E-state index < -0.39 is 0 Å². The molecule has 0 saturated heterocycles. The third-order valence-corrected chi connectivity index (χ3v) is 3.77. The lowest BCUT2D eigenvalue weighted by Crippen LogP contribution is -2.23. The van der Waals surface area contributed by atoms with Crippen LogP contribution in [0.15, 0.2) is 36.4 Å². The van der Waals surface area contributed by atoms with Gasteiger partial charge in [0, 0.05) is 18.6 Å². The molecule has 2 rings (SSSR count). The molecule has 0 amide bonds. The van der Waals surface area contributed by atoms with Gasteiger partial charge in [-0.05, 0) is 43.3 Å². The van der Waals surface area contributed by atoms with E-state index in [1.807, 2.05) is 37.4 Å². The van der Waals surface area contributed by atoms with E-state index in [1.54, 1.807) is 0 Å². The zero-order valence-corrected chi connectivity index (χ0v) is 13.4. The lowest BCUT2D eigenvalue weighted by atomic mass is 10.1. The van der Waals surface area contributed by atoms with Crippen molar-refractivity contribution in [2.45, 2.75) is 26.4 Å². The van der Waals surface area contributed by atoms with Gasteiger partial charge in [-0.2, -0.15) is 5.10 Å². The van der Waals surface area contributed by atoms with Crippen LogP contribution in [0.25, 0.3) is 0 Å². The summed E-state index contributed by atoms with van der Waals surface area (Å²) in [4.78, 5) is 2.09.